The minimum atomic E-state index is -3.61. The Morgan fingerprint density at radius 1 is 1.10 bits per heavy atom. The lowest BCUT2D eigenvalue weighted by Gasteiger charge is -2.19. The van der Waals surface area contributed by atoms with Gasteiger partial charge in [0.15, 0.2) is 0 Å². The second-order valence-corrected chi connectivity index (χ2v) is 6.81. The fourth-order valence-electron chi connectivity index (χ4n) is 2.58. The molecule has 2 aromatic carbocycles. The molecule has 3 rings (SSSR count). The Kier molecular flexibility index (Phi) is 3.37. The van der Waals surface area contributed by atoms with Gasteiger partial charge in [-0.2, -0.15) is 0 Å². The van der Waals surface area contributed by atoms with Crippen LogP contribution in [0.25, 0.3) is 0 Å². The van der Waals surface area contributed by atoms with Gasteiger partial charge in [0.25, 0.3) is 10.0 Å². The molecule has 0 spiro atoms. The smallest absolute Gasteiger partial charge is 0.264 e. The van der Waals surface area contributed by atoms with Crippen molar-refractivity contribution in [2.75, 3.05) is 11.4 Å². The normalized spacial score (nSPS) is 18.9. The molecule has 0 radical (unpaired) electrons. The topological polar surface area (TPSA) is 49.7 Å². The van der Waals surface area contributed by atoms with E-state index in [1.54, 1.807) is 43.4 Å². The molecule has 0 aromatic heterocycles. The molecule has 6 heteroatoms. The second-order valence-electron chi connectivity index (χ2n) is 4.69. The minimum Gasteiger partial charge on any atom is -0.269 e. The van der Waals surface area contributed by atoms with E-state index < -0.39 is 16.1 Å². The van der Waals surface area contributed by atoms with E-state index in [1.807, 2.05) is 12.1 Å². The number of rotatable bonds is 1. The number of anilines is 1. The second kappa shape index (κ2) is 5.07. The van der Waals surface area contributed by atoms with Crippen molar-refractivity contribution >= 4 is 33.1 Å². The van der Waals surface area contributed by atoms with Crippen molar-refractivity contribution in [3.05, 3.63) is 59.7 Å². The van der Waals surface area contributed by atoms with Gasteiger partial charge >= 0.3 is 0 Å². The Morgan fingerprint density at radius 2 is 1.71 bits per heavy atom. The number of thiocarbonyl (C=S) groups is 1. The molecule has 0 saturated carbocycles. The van der Waals surface area contributed by atoms with Crippen LogP contribution in [0.5, 0.6) is 0 Å². The maximum absolute atomic E-state index is 12.8. The average Bonchev–Trinajstić information content (AvgIpc) is 2.57. The number of fused-ring (bicyclic) bond motifs is 2. The highest BCUT2D eigenvalue weighted by atomic mass is 32.2. The van der Waals surface area contributed by atoms with Crippen molar-refractivity contribution in [1.82, 2.24) is 0 Å². The molecule has 21 heavy (non-hydrogen) atoms. The summed E-state index contributed by atoms with van der Waals surface area (Å²) >= 11 is 4.74. The van der Waals surface area contributed by atoms with Gasteiger partial charge in [-0.25, -0.2) is 13.4 Å². The van der Waals surface area contributed by atoms with E-state index >= 15 is 0 Å². The van der Waals surface area contributed by atoms with E-state index in [-0.39, 0.29) is 4.90 Å². The number of benzene rings is 2. The van der Waals surface area contributed by atoms with Crippen molar-refractivity contribution in [3.63, 3.8) is 0 Å². The van der Waals surface area contributed by atoms with Gasteiger partial charge in [-0.3, -0.25) is 4.31 Å². The van der Waals surface area contributed by atoms with Crippen LogP contribution in [-0.4, -0.2) is 20.6 Å². The first-order valence-corrected chi connectivity index (χ1v) is 8.16. The number of aliphatic imine (C=N–C) groups is 1. The van der Waals surface area contributed by atoms with Crippen LogP contribution in [0.3, 0.4) is 0 Å². The SMILES string of the molecule is CN1c2ccccc2C(N=C=S)c2ccccc2S1(=O)=O. The molecule has 0 N–H and O–H groups in total. The molecular formula is C15H12N2O2S2. The Hall–Kier alpha value is -2.01. The highest BCUT2D eigenvalue weighted by Gasteiger charge is 2.34. The summed E-state index contributed by atoms with van der Waals surface area (Å²) in [5.41, 5.74) is 2.02. The van der Waals surface area contributed by atoms with E-state index in [0.717, 1.165) is 5.56 Å². The first kappa shape index (κ1) is 13.9. The van der Waals surface area contributed by atoms with Crippen LogP contribution in [0, 0.1) is 0 Å². The van der Waals surface area contributed by atoms with Gasteiger partial charge in [0, 0.05) is 18.2 Å². The summed E-state index contributed by atoms with van der Waals surface area (Å²) in [6.07, 6.45) is 0. The predicted molar refractivity (Wildman–Crippen MR) is 85.3 cm³/mol. The van der Waals surface area contributed by atoms with E-state index in [2.05, 4.69) is 10.2 Å². The monoisotopic (exact) mass is 316 g/mol. The first-order valence-electron chi connectivity index (χ1n) is 6.31. The molecule has 1 atom stereocenters. The first-order chi connectivity index (χ1) is 10.1. The van der Waals surface area contributed by atoms with Crippen LogP contribution in [0.1, 0.15) is 17.2 Å². The van der Waals surface area contributed by atoms with Gasteiger partial charge in [-0.1, -0.05) is 36.4 Å². The van der Waals surface area contributed by atoms with Crippen molar-refractivity contribution in [2.24, 2.45) is 4.99 Å². The summed E-state index contributed by atoms with van der Waals surface area (Å²) in [4.78, 5) is 4.45. The van der Waals surface area contributed by atoms with Crippen molar-refractivity contribution in [2.45, 2.75) is 10.9 Å². The molecule has 0 aliphatic carbocycles. The lowest BCUT2D eigenvalue weighted by Crippen LogP contribution is -2.26. The summed E-state index contributed by atoms with van der Waals surface area (Å²) in [6.45, 7) is 0. The number of isothiocyanates is 1. The fraction of sp³-hybridized carbons (Fsp3) is 0.133. The molecule has 1 aliphatic rings. The number of para-hydroxylation sites is 1. The van der Waals surface area contributed by atoms with E-state index in [9.17, 15) is 8.42 Å². The molecule has 0 amide bonds. The van der Waals surface area contributed by atoms with Gasteiger partial charge in [0.05, 0.1) is 15.7 Å². The third kappa shape index (κ3) is 2.08. The Morgan fingerprint density at radius 3 is 2.43 bits per heavy atom. The van der Waals surface area contributed by atoms with Crippen LogP contribution in [0.2, 0.25) is 0 Å². The number of nitrogens with zero attached hydrogens (tertiary/aromatic N) is 2. The molecule has 2 aromatic rings. The summed E-state index contributed by atoms with van der Waals surface area (Å²) in [7, 11) is -2.06. The Bertz CT molecular complexity index is 855. The number of hydrogen-bond donors (Lipinski definition) is 0. The average molecular weight is 316 g/mol. The largest absolute Gasteiger partial charge is 0.269 e. The summed E-state index contributed by atoms with van der Waals surface area (Å²) in [6, 6.07) is 13.7. The molecule has 4 nitrogen and oxygen atoms in total. The highest BCUT2D eigenvalue weighted by molar-refractivity contribution is 7.92. The van der Waals surface area contributed by atoms with Crippen molar-refractivity contribution in [1.29, 1.82) is 0 Å². The van der Waals surface area contributed by atoms with Crippen LogP contribution < -0.4 is 4.31 Å². The lowest BCUT2D eigenvalue weighted by atomic mass is 9.98. The maximum atomic E-state index is 12.8. The molecule has 106 valence electrons. The van der Waals surface area contributed by atoms with E-state index in [0.29, 0.717) is 11.3 Å². The predicted octanol–water partition coefficient (Wildman–Crippen LogP) is 3.02. The zero-order valence-electron chi connectivity index (χ0n) is 11.2. The fourth-order valence-corrected chi connectivity index (χ4v) is 4.14. The van der Waals surface area contributed by atoms with E-state index in [1.165, 1.54) is 4.31 Å². The van der Waals surface area contributed by atoms with E-state index in [4.69, 9.17) is 12.2 Å². The maximum Gasteiger partial charge on any atom is 0.264 e. The molecule has 1 unspecified atom stereocenters. The summed E-state index contributed by atoms with van der Waals surface area (Å²) in [5, 5.41) is 2.38. The summed E-state index contributed by atoms with van der Waals surface area (Å²) in [5.74, 6) is 0. The van der Waals surface area contributed by atoms with Gasteiger partial charge in [-0.05, 0) is 24.4 Å². The standard InChI is InChI=1S/C15H12N2O2S2/c1-17-13-8-4-2-6-11(13)15(16-10-20)12-7-3-5-9-14(12)21(17,18)19/h2-9,15H,1H3. The van der Waals surface area contributed by atoms with Crippen molar-refractivity contribution in [3.8, 4) is 0 Å². The van der Waals surface area contributed by atoms with Crippen LogP contribution in [0.4, 0.5) is 5.69 Å². The lowest BCUT2D eigenvalue weighted by molar-refractivity contribution is 0.593. The zero-order valence-corrected chi connectivity index (χ0v) is 12.9. The summed E-state index contributed by atoms with van der Waals surface area (Å²) < 4.78 is 26.8. The molecule has 0 fully saturated rings. The molecular weight excluding hydrogens is 304 g/mol. The number of sulfonamides is 1. The third-order valence-electron chi connectivity index (χ3n) is 3.60. The molecule has 1 heterocycles. The Labute approximate surface area is 128 Å². The highest BCUT2D eigenvalue weighted by Crippen LogP contribution is 2.41. The van der Waals surface area contributed by atoms with Gasteiger partial charge < -0.3 is 0 Å². The third-order valence-corrected chi connectivity index (χ3v) is 5.56. The molecule has 1 aliphatic heterocycles. The zero-order chi connectivity index (χ0) is 15.0. The van der Waals surface area contributed by atoms with Gasteiger partial charge in [0.2, 0.25) is 0 Å². The molecule has 0 bridgehead atoms. The van der Waals surface area contributed by atoms with Gasteiger partial charge in [-0.15, -0.1) is 0 Å². The number of hydrogen-bond acceptors (Lipinski definition) is 4. The van der Waals surface area contributed by atoms with Crippen LogP contribution in [-0.2, 0) is 10.0 Å². The molecule has 0 saturated heterocycles. The van der Waals surface area contributed by atoms with Crippen molar-refractivity contribution < 1.29 is 8.42 Å². The van der Waals surface area contributed by atoms with Crippen LogP contribution >= 0.6 is 12.2 Å². The van der Waals surface area contributed by atoms with Crippen LogP contribution in [0.15, 0.2) is 58.4 Å². The Balaban J connectivity index is 2.45. The minimum absolute atomic E-state index is 0.253. The quantitative estimate of drug-likeness (QED) is 0.600. The van der Waals surface area contributed by atoms with Gasteiger partial charge in [0.1, 0.15) is 6.04 Å².